The van der Waals surface area contributed by atoms with Gasteiger partial charge in [-0.25, -0.2) is 8.42 Å². The molecular formula is C15H24N2O3S. The first-order valence-electron chi connectivity index (χ1n) is 7.40. The summed E-state index contributed by atoms with van der Waals surface area (Å²) in [6.07, 6.45) is 3.03. The predicted molar refractivity (Wildman–Crippen MR) is 82.7 cm³/mol. The molecule has 6 heteroatoms. The lowest BCUT2D eigenvalue weighted by molar-refractivity contribution is 0.260. The predicted octanol–water partition coefficient (Wildman–Crippen LogP) is 1.96. The third-order valence-corrected chi connectivity index (χ3v) is 6.05. The van der Waals surface area contributed by atoms with Crippen LogP contribution in [0, 0.1) is 5.92 Å². The van der Waals surface area contributed by atoms with E-state index < -0.39 is 10.0 Å². The van der Waals surface area contributed by atoms with Crippen LogP contribution in [-0.4, -0.2) is 32.9 Å². The smallest absolute Gasteiger partial charge is 0.246 e. The lowest BCUT2D eigenvalue weighted by Crippen LogP contribution is -2.39. The SMILES string of the molecule is CCC1CCCN(S(=O)(=O)c2ccc(CN)cc2OC)C1. The van der Waals surface area contributed by atoms with E-state index in [1.807, 2.05) is 0 Å². The van der Waals surface area contributed by atoms with Gasteiger partial charge in [0.15, 0.2) is 0 Å². The molecule has 0 spiro atoms. The highest BCUT2D eigenvalue weighted by Gasteiger charge is 2.31. The van der Waals surface area contributed by atoms with Crippen molar-refractivity contribution >= 4 is 10.0 Å². The molecule has 1 aliphatic rings. The summed E-state index contributed by atoms with van der Waals surface area (Å²) in [6.45, 7) is 3.65. The van der Waals surface area contributed by atoms with E-state index in [0.717, 1.165) is 24.8 Å². The first-order valence-corrected chi connectivity index (χ1v) is 8.84. The van der Waals surface area contributed by atoms with Crippen LogP contribution in [0.25, 0.3) is 0 Å². The first kappa shape index (κ1) is 16.3. The van der Waals surface area contributed by atoms with E-state index in [9.17, 15) is 8.42 Å². The van der Waals surface area contributed by atoms with Crippen LogP contribution in [0.4, 0.5) is 0 Å². The molecule has 0 radical (unpaired) electrons. The Bertz CT molecular complexity index is 587. The number of nitrogens with two attached hydrogens (primary N) is 1. The van der Waals surface area contributed by atoms with E-state index in [1.54, 1.807) is 22.5 Å². The second-order valence-electron chi connectivity index (χ2n) is 5.47. The van der Waals surface area contributed by atoms with Crippen LogP contribution in [0.3, 0.4) is 0 Å². The van der Waals surface area contributed by atoms with Gasteiger partial charge in [-0.3, -0.25) is 0 Å². The second kappa shape index (κ2) is 6.77. The molecule has 1 aromatic rings. The summed E-state index contributed by atoms with van der Waals surface area (Å²) in [5, 5.41) is 0. The molecule has 0 aliphatic carbocycles. The maximum atomic E-state index is 12.8. The Morgan fingerprint density at radius 1 is 1.43 bits per heavy atom. The van der Waals surface area contributed by atoms with Gasteiger partial charge in [-0.15, -0.1) is 0 Å². The monoisotopic (exact) mass is 312 g/mol. The van der Waals surface area contributed by atoms with Crippen LogP contribution in [-0.2, 0) is 16.6 Å². The van der Waals surface area contributed by atoms with Crippen molar-refractivity contribution in [3.05, 3.63) is 23.8 Å². The van der Waals surface area contributed by atoms with Crippen molar-refractivity contribution in [1.29, 1.82) is 0 Å². The standard InChI is InChI=1S/C15H24N2O3S/c1-3-12-5-4-8-17(11-12)21(18,19)15-7-6-13(10-16)9-14(15)20-2/h6-7,9,12H,3-5,8,10-11,16H2,1-2H3. The maximum absolute atomic E-state index is 12.8. The normalized spacial score (nSPS) is 20.4. The summed E-state index contributed by atoms with van der Waals surface area (Å²) >= 11 is 0. The zero-order valence-electron chi connectivity index (χ0n) is 12.7. The zero-order valence-corrected chi connectivity index (χ0v) is 13.5. The Balaban J connectivity index is 2.35. The minimum absolute atomic E-state index is 0.235. The third-order valence-electron chi connectivity index (χ3n) is 4.14. The summed E-state index contributed by atoms with van der Waals surface area (Å²) < 4.78 is 32.5. The average molecular weight is 312 g/mol. The molecular weight excluding hydrogens is 288 g/mol. The number of sulfonamides is 1. The van der Waals surface area contributed by atoms with Crippen LogP contribution in [0.2, 0.25) is 0 Å². The van der Waals surface area contributed by atoms with Gasteiger partial charge in [-0.1, -0.05) is 19.4 Å². The fourth-order valence-corrected chi connectivity index (χ4v) is 4.46. The van der Waals surface area contributed by atoms with Gasteiger partial charge in [0.1, 0.15) is 10.6 Å². The number of ether oxygens (including phenoxy) is 1. The summed E-state index contributed by atoms with van der Waals surface area (Å²) in [5.41, 5.74) is 6.45. The van der Waals surface area contributed by atoms with Crippen molar-refractivity contribution in [3.8, 4) is 5.75 Å². The van der Waals surface area contributed by atoms with E-state index in [0.29, 0.717) is 31.3 Å². The molecule has 0 bridgehead atoms. The Morgan fingerprint density at radius 3 is 2.81 bits per heavy atom. The third kappa shape index (κ3) is 3.39. The largest absolute Gasteiger partial charge is 0.495 e. The summed E-state index contributed by atoms with van der Waals surface area (Å²) in [5.74, 6) is 0.819. The second-order valence-corrected chi connectivity index (χ2v) is 7.38. The van der Waals surface area contributed by atoms with Crippen LogP contribution in [0.1, 0.15) is 31.7 Å². The molecule has 0 aromatic heterocycles. The van der Waals surface area contributed by atoms with Crippen molar-refractivity contribution in [2.75, 3.05) is 20.2 Å². The topological polar surface area (TPSA) is 72.6 Å². The molecule has 1 atom stereocenters. The molecule has 1 heterocycles. The van der Waals surface area contributed by atoms with Crippen molar-refractivity contribution < 1.29 is 13.2 Å². The number of piperidine rings is 1. The van der Waals surface area contributed by atoms with E-state index >= 15 is 0 Å². The molecule has 2 rings (SSSR count). The van der Waals surface area contributed by atoms with Crippen LogP contribution in [0.5, 0.6) is 5.75 Å². The fourth-order valence-electron chi connectivity index (χ4n) is 2.77. The molecule has 1 fully saturated rings. The van der Waals surface area contributed by atoms with E-state index in [4.69, 9.17) is 10.5 Å². The lowest BCUT2D eigenvalue weighted by atomic mass is 9.97. The van der Waals surface area contributed by atoms with Gasteiger partial charge >= 0.3 is 0 Å². The van der Waals surface area contributed by atoms with Gasteiger partial charge < -0.3 is 10.5 Å². The van der Waals surface area contributed by atoms with E-state index in [2.05, 4.69) is 6.92 Å². The van der Waals surface area contributed by atoms with Crippen LogP contribution < -0.4 is 10.5 Å². The van der Waals surface area contributed by atoms with E-state index in [1.165, 1.54) is 7.11 Å². The highest BCUT2D eigenvalue weighted by Crippen LogP contribution is 2.31. The van der Waals surface area contributed by atoms with Crippen LogP contribution in [0.15, 0.2) is 23.1 Å². The maximum Gasteiger partial charge on any atom is 0.246 e. The summed E-state index contributed by atoms with van der Waals surface area (Å²) in [4.78, 5) is 0.235. The number of rotatable bonds is 5. The molecule has 1 unspecified atom stereocenters. The van der Waals surface area contributed by atoms with Crippen molar-refractivity contribution in [1.82, 2.24) is 4.31 Å². The molecule has 1 aliphatic heterocycles. The first-order chi connectivity index (χ1) is 10.0. The molecule has 5 nitrogen and oxygen atoms in total. The van der Waals surface area contributed by atoms with Gasteiger partial charge in [0.25, 0.3) is 0 Å². The Labute approximate surface area is 127 Å². The summed E-state index contributed by atoms with van der Waals surface area (Å²) in [7, 11) is -2.02. The van der Waals surface area contributed by atoms with Gasteiger partial charge in [0.05, 0.1) is 7.11 Å². The number of hydrogen-bond donors (Lipinski definition) is 1. The quantitative estimate of drug-likeness (QED) is 0.902. The van der Waals surface area contributed by atoms with Gasteiger partial charge in [-0.2, -0.15) is 4.31 Å². The lowest BCUT2D eigenvalue weighted by Gasteiger charge is -2.31. The number of nitrogens with zero attached hydrogens (tertiary/aromatic N) is 1. The van der Waals surface area contributed by atoms with Crippen molar-refractivity contribution in [3.63, 3.8) is 0 Å². The Kier molecular flexibility index (Phi) is 5.24. The Morgan fingerprint density at radius 2 is 2.19 bits per heavy atom. The van der Waals surface area contributed by atoms with Crippen LogP contribution >= 0.6 is 0 Å². The number of hydrogen-bond acceptors (Lipinski definition) is 4. The molecule has 1 saturated heterocycles. The van der Waals surface area contributed by atoms with Gasteiger partial charge in [-0.05, 0) is 36.5 Å². The highest BCUT2D eigenvalue weighted by molar-refractivity contribution is 7.89. The highest BCUT2D eigenvalue weighted by atomic mass is 32.2. The Hall–Kier alpha value is -1.11. The molecule has 1 aromatic carbocycles. The van der Waals surface area contributed by atoms with Crippen molar-refractivity contribution in [2.24, 2.45) is 11.7 Å². The number of methoxy groups -OCH3 is 1. The molecule has 118 valence electrons. The van der Waals surface area contributed by atoms with Gasteiger partial charge in [0, 0.05) is 19.6 Å². The minimum Gasteiger partial charge on any atom is -0.495 e. The van der Waals surface area contributed by atoms with E-state index in [-0.39, 0.29) is 4.90 Å². The fraction of sp³-hybridized carbons (Fsp3) is 0.600. The molecule has 2 N–H and O–H groups in total. The molecule has 21 heavy (non-hydrogen) atoms. The minimum atomic E-state index is -3.51. The average Bonchev–Trinajstić information content (AvgIpc) is 2.54. The zero-order chi connectivity index (χ0) is 15.5. The summed E-state index contributed by atoms with van der Waals surface area (Å²) in [6, 6.07) is 5.05. The molecule has 0 amide bonds. The number of benzene rings is 1. The van der Waals surface area contributed by atoms with Gasteiger partial charge in [0.2, 0.25) is 10.0 Å². The van der Waals surface area contributed by atoms with Crippen molar-refractivity contribution in [2.45, 2.75) is 37.6 Å². The molecule has 0 saturated carbocycles.